The molecule has 0 bridgehead atoms. The predicted molar refractivity (Wildman–Crippen MR) is 33.2 cm³/mol. The van der Waals surface area contributed by atoms with E-state index in [1.807, 2.05) is 0 Å². The highest BCUT2D eigenvalue weighted by atomic mass is 79.9. The summed E-state index contributed by atoms with van der Waals surface area (Å²) in [4.78, 5) is 8.96. The smallest absolute Gasteiger partial charge is 0.261 e. The van der Waals surface area contributed by atoms with Gasteiger partial charge in [0.25, 0.3) is 0 Å². The molecule has 4 nitrogen and oxygen atoms in total. The highest BCUT2D eigenvalue weighted by molar-refractivity contribution is 9.25. The van der Waals surface area contributed by atoms with E-state index in [0.717, 1.165) is 0 Å². The van der Waals surface area contributed by atoms with Crippen LogP contribution >= 0.6 is 31.9 Å². The molecule has 0 atom stereocenters. The van der Waals surface area contributed by atoms with Gasteiger partial charge in [-0.25, -0.2) is 0 Å². The fourth-order valence-corrected chi connectivity index (χ4v) is 0.0408. The van der Waals surface area contributed by atoms with E-state index in [9.17, 15) is 10.1 Å². The monoisotopic (exact) mass is 242 g/mol. The van der Waals surface area contributed by atoms with Gasteiger partial charge < -0.3 is 0 Å². The molecular weight excluding hydrogens is 244 g/mol. The molecule has 0 saturated heterocycles. The zero-order valence-electron chi connectivity index (χ0n) is 3.47. The van der Waals surface area contributed by atoms with E-state index in [0.29, 0.717) is 0 Å². The van der Waals surface area contributed by atoms with Gasteiger partial charge in [0.05, 0.1) is 4.92 Å². The van der Waals surface area contributed by atoms with E-state index in [1.165, 1.54) is 6.07 Å². The molecule has 44 valence electrons. The van der Waals surface area contributed by atoms with Gasteiger partial charge in [-0.2, -0.15) is 5.26 Å². The van der Waals surface area contributed by atoms with Gasteiger partial charge in [-0.3, -0.25) is 10.1 Å². The zero-order valence-corrected chi connectivity index (χ0v) is 6.64. The van der Waals surface area contributed by atoms with Gasteiger partial charge in [0.15, 0.2) is 6.07 Å². The van der Waals surface area contributed by atoms with Crippen molar-refractivity contribution < 1.29 is 4.92 Å². The van der Waals surface area contributed by atoms with Gasteiger partial charge >= 0.3 is 3.36 Å². The second-order valence-electron chi connectivity index (χ2n) is 0.910. The van der Waals surface area contributed by atoms with Gasteiger partial charge in [-0.05, 0) is 0 Å². The molecule has 0 aliphatic rings. The number of halogens is 2. The van der Waals surface area contributed by atoms with Gasteiger partial charge in [0, 0.05) is 31.9 Å². The van der Waals surface area contributed by atoms with Crippen molar-refractivity contribution in [2.75, 3.05) is 0 Å². The first-order chi connectivity index (χ1) is 3.50. The highest BCUT2D eigenvalue weighted by Crippen LogP contribution is 2.24. The molecule has 0 amide bonds. The lowest BCUT2D eigenvalue weighted by atomic mass is 10.8. The lowest BCUT2D eigenvalue weighted by molar-refractivity contribution is -0.489. The van der Waals surface area contributed by atoms with Crippen LogP contribution in [0.3, 0.4) is 0 Å². The summed E-state index contributed by atoms with van der Waals surface area (Å²) in [7, 11) is 0. The van der Waals surface area contributed by atoms with Crippen LogP contribution < -0.4 is 0 Å². The fraction of sp³-hybridized carbons (Fsp3) is 0.500. The Hall–Kier alpha value is -0.150. The number of hydrogen-bond acceptors (Lipinski definition) is 3. The van der Waals surface area contributed by atoms with E-state index in [2.05, 4.69) is 31.9 Å². The largest absolute Gasteiger partial charge is 0.410 e. The van der Waals surface area contributed by atoms with Crippen LogP contribution in [-0.2, 0) is 0 Å². The van der Waals surface area contributed by atoms with E-state index >= 15 is 0 Å². The molecule has 0 aliphatic heterocycles. The summed E-state index contributed by atoms with van der Waals surface area (Å²) in [6, 6.07) is 1.38. The molecule has 0 aromatic heterocycles. The molecule has 0 radical (unpaired) electrons. The molecule has 0 spiro atoms. The first-order valence-electron chi connectivity index (χ1n) is 1.44. The third kappa shape index (κ3) is 1.76. The topological polar surface area (TPSA) is 66.9 Å². The number of hydrogen-bond donors (Lipinski definition) is 0. The minimum absolute atomic E-state index is 0.785. The first-order valence-corrected chi connectivity index (χ1v) is 3.03. The van der Waals surface area contributed by atoms with E-state index < -0.39 is 8.28 Å². The highest BCUT2D eigenvalue weighted by Gasteiger charge is 2.35. The summed E-state index contributed by atoms with van der Waals surface area (Å²) < 4.78 is -1.81. The van der Waals surface area contributed by atoms with Gasteiger partial charge in [-0.1, -0.05) is 0 Å². The van der Waals surface area contributed by atoms with Crippen LogP contribution in [0.25, 0.3) is 0 Å². The summed E-state index contributed by atoms with van der Waals surface area (Å²) in [5.41, 5.74) is 0. The van der Waals surface area contributed by atoms with E-state index in [-0.39, 0.29) is 0 Å². The molecule has 0 aliphatic carbocycles. The summed E-state index contributed by atoms with van der Waals surface area (Å²) >= 11 is 5.00. The number of nitrogens with zero attached hydrogens (tertiary/aromatic N) is 2. The number of nitro groups is 1. The summed E-state index contributed by atoms with van der Waals surface area (Å²) in [6.45, 7) is 0. The second-order valence-corrected chi connectivity index (χ2v) is 4.27. The standard InChI is InChI=1S/C2Br2N2O2/c3-2(4,1-5)6(7)8. The zero-order chi connectivity index (χ0) is 6.78. The molecule has 6 heteroatoms. The molecule has 0 fully saturated rings. The Labute approximate surface area is 61.9 Å². The minimum Gasteiger partial charge on any atom is -0.261 e. The van der Waals surface area contributed by atoms with Gasteiger partial charge in [-0.15, -0.1) is 0 Å². The van der Waals surface area contributed by atoms with Crippen LogP contribution in [0, 0.1) is 21.4 Å². The normalized spacial score (nSPS) is 10.1. The van der Waals surface area contributed by atoms with Crippen LogP contribution in [0.15, 0.2) is 0 Å². The van der Waals surface area contributed by atoms with Gasteiger partial charge in [0.1, 0.15) is 0 Å². The molecule has 0 heterocycles. The van der Waals surface area contributed by atoms with Crippen molar-refractivity contribution in [1.29, 1.82) is 5.26 Å². The van der Waals surface area contributed by atoms with Crippen LogP contribution in [0.1, 0.15) is 0 Å². The molecule has 0 N–H and O–H groups in total. The van der Waals surface area contributed by atoms with Crippen molar-refractivity contribution in [3.63, 3.8) is 0 Å². The summed E-state index contributed by atoms with van der Waals surface area (Å²) in [5, 5.41) is 17.7. The Balaban J connectivity index is 4.19. The average molecular weight is 244 g/mol. The van der Waals surface area contributed by atoms with Crippen molar-refractivity contribution in [2.45, 2.75) is 3.36 Å². The molecular formula is C2Br2N2O2. The minimum atomic E-state index is -1.81. The lowest BCUT2D eigenvalue weighted by Gasteiger charge is -1.97. The Morgan fingerprint density at radius 1 is 1.75 bits per heavy atom. The quantitative estimate of drug-likeness (QED) is 0.301. The maximum atomic E-state index is 9.74. The molecule has 8 heavy (non-hydrogen) atoms. The van der Waals surface area contributed by atoms with Crippen LogP contribution in [0.2, 0.25) is 0 Å². The molecule has 0 rings (SSSR count). The van der Waals surface area contributed by atoms with Gasteiger partial charge in [0.2, 0.25) is 0 Å². The fourth-order valence-electron chi connectivity index (χ4n) is 0.0408. The first kappa shape index (κ1) is 7.85. The second kappa shape index (κ2) is 2.42. The average Bonchev–Trinajstić information content (AvgIpc) is 1.67. The Kier molecular flexibility index (Phi) is 2.37. The molecule has 0 aromatic carbocycles. The van der Waals surface area contributed by atoms with Crippen molar-refractivity contribution in [1.82, 2.24) is 0 Å². The maximum absolute atomic E-state index is 9.74. The number of nitriles is 1. The van der Waals surface area contributed by atoms with Crippen LogP contribution in [0.5, 0.6) is 0 Å². The number of rotatable bonds is 1. The Bertz CT molecular complexity index is 149. The van der Waals surface area contributed by atoms with Crippen LogP contribution in [0.4, 0.5) is 0 Å². The van der Waals surface area contributed by atoms with E-state index in [4.69, 9.17) is 5.26 Å². The maximum Gasteiger partial charge on any atom is 0.410 e. The lowest BCUT2D eigenvalue weighted by Crippen LogP contribution is -2.19. The molecule has 0 unspecified atom stereocenters. The van der Waals surface area contributed by atoms with E-state index in [1.54, 1.807) is 0 Å². The summed E-state index contributed by atoms with van der Waals surface area (Å²) in [6.07, 6.45) is 0. The SMILES string of the molecule is N#CC(Br)(Br)[N+](=O)[O-]. The third-order valence-electron chi connectivity index (χ3n) is 0.364. The Morgan fingerprint density at radius 3 is 2.12 bits per heavy atom. The molecule has 0 aromatic rings. The number of alkyl halides is 2. The molecule has 0 saturated carbocycles. The Morgan fingerprint density at radius 2 is 2.12 bits per heavy atom. The predicted octanol–water partition coefficient (Wildman–Crippen LogP) is 1.23. The van der Waals surface area contributed by atoms with Crippen molar-refractivity contribution >= 4 is 31.9 Å². The van der Waals surface area contributed by atoms with Crippen molar-refractivity contribution in [2.24, 2.45) is 0 Å². The summed E-state index contributed by atoms with van der Waals surface area (Å²) in [5.74, 6) is 0. The third-order valence-corrected chi connectivity index (χ3v) is 1.30. The van der Waals surface area contributed by atoms with Crippen molar-refractivity contribution in [3.8, 4) is 6.07 Å². The van der Waals surface area contributed by atoms with Crippen molar-refractivity contribution in [3.05, 3.63) is 10.1 Å². The van der Waals surface area contributed by atoms with Crippen LogP contribution in [-0.4, -0.2) is 8.28 Å².